The van der Waals surface area contributed by atoms with E-state index in [2.05, 4.69) is 36.7 Å². The zero-order chi connectivity index (χ0) is 10.4. The van der Waals surface area contributed by atoms with Crippen LogP contribution < -0.4 is 0 Å². The van der Waals surface area contributed by atoms with E-state index in [1.807, 2.05) is 34.9 Å². The molecule has 0 aliphatic carbocycles. The first-order valence-corrected chi connectivity index (χ1v) is 8.93. The number of hydrogen-bond acceptors (Lipinski definition) is 7. The third-order valence-electron chi connectivity index (χ3n) is 1.71. The normalized spacial score (nSPS) is 20.4. The molecular weight excluding hydrogens is 321 g/mol. The van der Waals surface area contributed by atoms with Crippen LogP contribution in [0.1, 0.15) is 0 Å². The second kappa shape index (κ2) is 4.51. The second-order valence-corrected chi connectivity index (χ2v) is 9.97. The first-order valence-electron chi connectivity index (χ1n) is 3.89. The Hall–Kier alpha value is 1.28. The second-order valence-electron chi connectivity index (χ2n) is 2.67. The van der Waals surface area contributed by atoms with Crippen LogP contribution in [0.3, 0.4) is 0 Å². The Bertz CT molecular complexity index is 442. The van der Waals surface area contributed by atoms with Crippen LogP contribution in [-0.4, -0.2) is 0 Å². The fourth-order valence-electron chi connectivity index (χ4n) is 1.09. The number of thiophene rings is 1. The summed E-state index contributed by atoms with van der Waals surface area (Å²) in [5.74, 6) is 0. The van der Waals surface area contributed by atoms with Gasteiger partial charge in [-0.15, -0.1) is 36.6 Å². The van der Waals surface area contributed by atoms with Gasteiger partial charge in [-0.3, -0.25) is 0 Å². The zero-order valence-corrected chi connectivity index (χ0v) is 13.0. The lowest BCUT2D eigenvalue weighted by Gasteiger charge is -1.99. The molecule has 0 saturated carbocycles. The highest BCUT2D eigenvalue weighted by Crippen LogP contribution is 2.62. The fourth-order valence-corrected chi connectivity index (χ4v) is 8.38. The zero-order valence-electron chi connectivity index (χ0n) is 7.09. The SMILES string of the molecule is SC1=C(S)SC(=C2Sc3ccsc3S2)S1. The van der Waals surface area contributed by atoms with E-state index in [0.717, 1.165) is 8.47 Å². The van der Waals surface area contributed by atoms with E-state index in [1.54, 1.807) is 23.5 Å². The van der Waals surface area contributed by atoms with Crippen molar-refractivity contribution in [3.05, 3.63) is 28.4 Å². The fraction of sp³-hybridized carbons (Fsp3) is 0. The molecule has 0 saturated heterocycles. The number of fused-ring (bicyclic) bond motifs is 1. The van der Waals surface area contributed by atoms with E-state index in [1.165, 1.54) is 17.6 Å². The van der Waals surface area contributed by atoms with E-state index in [-0.39, 0.29) is 0 Å². The van der Waals surface area contributed by atoms with Crippen LogP contribution >= 0.6 is 83.6 Å². The van der Waals surface area contributed by atoms with Crippen molar-refractivity contribution in [2.75, 3.05) is 0 Å². The molecule has 78 valence electrons. The Morgan fingerprint density at radius 3 is 2.20 bits per heavy atom. The molecule has 3 heterocycles. The van der Waals surface area contributed by atoms with Crippen molar-refractivity contribution in [2.24, 2.45) is 0 Å². The molecule has 0 aromatic carbocycles. The van der Waals surface area contributed by atoms with Crippen molar-refractivity contribution < 1.29 is 0 Å². The summed E-state index contributed by atoms with van der Waals surface area (Å²) in [6.45, 7) is 0. The van der Waals surface area contributed by atoms with E-state index in [0.29, 0.717) is 0 Å². The van der Waals surface area contributed by atoms with Gasteiger partial charge in [0.1, 0.15) is 0 Å². The third kappa shape index (κ3) is 2.17. The van der Waals surface area contributed by atoms with Crippen LogP contribution in [0.4, 0.5) is 0 Å². The molecule has 0 nitrogen and oxygen atoms in total. The molecule has 1 aromatic rings. The molecule has 0 unspecified atom stereocenters. The number of hydrogen-bond donors (Lipinski definition) is 2. The molecule has 0 fully saturated rings. The summed E-state index contributed by atoms with van der Waals surface area (Å²) >= 11 is 17.7. The van der Waals surface area contributed by atoms with E-state index >= 15 is 0 Å². The minimum absolute atomic E-state index is 1.02. The van der Waals surface area contributed by atoms with Crippen molar-refractivity contribution >= 4 is 83.6 Å². The Morgan fingerprint density at radius 1 is 0.867 bits per heavy atom. The standard InChI is InChI=1S/C8H4S7/c9-4-5(10)14-8(13-4)7-12-3-1-2-11-6(3)15-7/h1-2,9-10H. The first-order chi connectivity index (χ1) is 7.24. The van der Waals surface area contributed by atoms with Crippen molar-refractivity contribution in [2.45, 2.75) is 9.10 Å². The van der Waals surface area contributed by atoms with Crippen LogP contribution in [0.15, 0.2) is 37.5 Å². The van der Waals surface area contributed by atoms with Crippen molar-refractivity contribution in [1.82, 2.24) is 0 Å². The van der Waals surface area contributed by atoms with Gasteiger partial charge in [0.15, 0.2) is 0 Å². The molecule has 0 N–H and O–H groups in total. The average Bonchev–Trinajstić information content (AvgIpc) is 2.80. The molecule has 0 radical (unpaired) electrons. The van der Waals surface area contributed by atoms with Crippen molar-refractivity contribution in [3.63, 3.8) is 0 Å². The maximum absolute atomic E-state index is 4.38. The lowest BCUT2D eigenvalue weighted by molar-refractivity contribution is 1.43. The van der Waals surface area contributed by atoms with Crippen molar-refractivity contribution in [1.29, 1.82) is 0 Å². The number of thioether (sulfide) groups is 4. The molecule has 1 aromatic heterocycles. The van der Waals surface area contributed by atoms with Gasteiger partial charge in [0.05, 0.1) is 21.2 Å². The van der Waals surface area contributed by atoms with Gasteiger partial charge >= 0.3 is 0 Å². The smallest absolute Gasteiger partial charge is 0.0791 e. The van der Waals surface area contributed by atoms with Gasteiger partial charge in [-0.1, -0.05) is 47.0 Å². The molecule has 7 heteroatoms. The number of thiol groups is 2. The molecule has 0 bridgehead atoms. The highest BCUT2D eigenvalue weighted by atomic mass is 32.2. The van der Waals surface area contributed by atoms with Gasteiger partial charge in [0, 0.05) is 4.90 Å². The summed E-state index contributed by atoms with van der Waals surface area (Å²) in [6, 6.07) is 2.19. The van der Waals surface area contributed by atoms with Gasteiger partial charge in [0.2, 0.25) is 0 Å². The summed E-state index contributed by atoms with van der Waals surface area (Å²) in [6.07, 6.45) is 0. The molecule has 2 aliphatic heterocycles. The van der Waals surface area contributed by atoms with Gasteiger partial charge in [-0.05, 0) is 11.4 Å². The van der Waals surface area contributed by atoms with E-state index in [4.69, 9.17) is 0 Å². The van der Waals surface area contributed by atoms with E-state index in [9.17, 15) is 0 Å². The maximum Gasteiger partial charge on any atom is 0.0791 e. The highest BCUT2D eigenvalue weighted by Gasteiger charge is 2.26. The van der Waals surface area contributed by atoms with E-state index < -0.39 is 0 Å². The van der Waals surface area contributed by atoms with Gasteiger partial charge in [-0.2, -0.15) is 0 Å². The van der Waals surface area contributed by atoms with Crippen molar-refractivity contribution in [3.8, 4) is 0 Å². The monoisotopic (exact) mass is 324 g/mol. The topological polar surface area (TPSA) is 0 Å². The lowest BCUT2D eigenvalue weighted by atomic mass is 10.7. The summed E-state index contributed by atoms with van der Waals surface area (Å²) in [5, 5.41) is 2.15. The molecule has 0 amide bonds. The lowest BCUT2D eigenvalue weighted by Crippen LogP contribution is -1.65. The predicted octanol–water partition coefficient (Wildman–Crippen LogP) is 5.54. The van der Waals surface area contributed by atoms with Crippen LogP contribution in [0.5, 0.6) is 0 Å². The molecule has 0 spiro atoms. The first kappa shape index (κ1) is 11.4. The molecule has 15 heavy (non-hydrogen) atoms. The molecular formula is C8H4S7. The Kier molecular flexibility index (Phi) is 3.42. The Morgan fingerprint density at radius 2 is 1.53 bits per heavy atom. The average molecular weight is 325 g/mol. The largest absolute Gasteiger partial charge is 0.136 e. The Balaban J connectivity index is 1.88. The molecule has 3 rings (SSSR count). The quantitative estimate of drug-likeness (QED) is 0.601. The Labute approximate surface area is 120 Å². The third-order valence-corrected chi connectivity index (χ3v) is 9.65. The summed E-state index contributed by atoms with van der Waals surface area (Å²) in [4.78, 5) is 1.39. The van der Waals surface area contributed by atoms with Crippen LogP contribution in [0.25, 0.3) is 0 Å². The molecule has 0 atom stereocenters. The summed E-state index contributed by atoms with van der Waals surface area (Å²) in [5.41, 5.74) is 0. The summed E-state index contributed by atoms with van der Waals surface area (Å²) in [7, 11) is 0. The maximum atomic E-state index is 4.38. The van der Waals surface area contributed by atoms with Crippen LogP contribution in [0.2, 0.25) is 0 Å². The minimum Gasteiger partial charge on any atom is -0.136 e. The van der Waals surface area contributed by atoms with Gasteiger partial charge < -0.3 is 0 Å². The number of rotatable bonds is 0. The molecule has 2 aliphatic rings. The van der Waals surface area contributed by atoms with Gasteiger partial charge in [0.25, 0.3) is 0 Å². The van der Waals surface area contributed by atoms with Gasteiger partial charge in [-0.25, -0.2) is 0 Å². The van der Waals surface area contributed by atoms with Crippen LogP contribution in [0, 0.1) is 0 Å². The van der Waals surface area contributed by atoms with Crippen LogP contribution in [-0.2, 0) is 0 Å². The predicted molar refractivity (Wildman–Crippen MR) is 83.2 cm³/mol. The summed E-state index contributed by atoms with van der Waals surface area (Å²) < 4.78 is 6.15. The minimum atomic E-state index is 1.02. The highest BCUT2D eigenvalue weighted by molar-refractivity contribution is 8.39.